The van der Waals surface area contributed by atoms with Crippen LogP contribution in [0.3, 0.4) is 0 Å². The summed E-state index contributed by atoms with van der Waals surface area (Å²) >= 11 is 0. The molecule has 0 heterocycles. The van der Waals surface area contributed by atoms with Gasteiger partial charge >= 0.3 is 0 Å². The monoisotopic (exact) mass is 534 g/mol. The summed E-state index contributed by atoms with van der Waals surface area (Å²) in [5.74, 6) is -0.942. The first-order valence-corrected chi connectivity index (χ1v) is 14.6. The third-order valence-electron chi connectivity index (χ3n) is 7.84. The van der Waals surface area contributed by atoms with Gasteiger partial charge in [0, 0.05) is 5.56 Å². The van der Waals surface area contributed by atoms with Crippen molar-refractivity contribution in [2.75, 3.05) is 6.61 Å². The molecule has 1 aliphatic carbocycles. The Balaban J connectivity index is 1.31. The lowest BCUT2D eigenvalue weighted by atomic mass is 9.87. The van der Waals surface area contributed by atoms with Crippen molar-refractivity contribution in [1.82, 2.24) is 0 Å². The Kier molecular flexibility index (Phi) is 10.7. The van der Waals surface area contributed by atoms with Crippen LogP contribution in [0.15, 0.2) is 60.7 Å². The van der Waals surface area contributed by atoms with Crippen LogP contribution in [0.5, 0.6) is 5.75 Å². The van der Waals surface area contributed by atoms with Crippen LogP contribution in [0, 0.1) is 23.4 Å². The maximum atomic E-state index is 14.9. The Morgan fingerprint density at radius 1 is 0.795 bits per heavy atom. The Morgan fingerprint density at radius 2 is 1.54 bits per heavy atom. The number of benzene rings is 3. The van der Waals surface area contributed by atoms with Crippen LogP contribution < -0.4 is 4.74 Å². The van der Waals surface area contributed by atoms with Crippen LogP contribution in [0.25, 0.3) is 16.7 Å². The van der Waals surface area contributed by atoms with Gasteiger partial charge in [0.05, 0.1) is 6.61 Å². The second-order valence-electron chi connectivity index (χ2n) is 11.0. The van der Waals surface area contributed by atoms with Gasteiger partial charge in [0.2, 0.25) is 0 Å². The maximum Gasteiger partial charge on any atom is 0.166 e. The number of hydrogen-bond acceptors (Lipinski definition) is 1. The van der Waals surface area contributed by atoms with Gasteiger partial charge in [0.15, 0.2) is 23.2 Å². The number of halogens is 3. The molecule has 208 valence electrons. The third kappa shape index (κ3) is 8.00. The first-order valence-electron chi connectivity index (χ1n) is 14.6. The molecule has 0 fully saturated rings. The summed E-state index contributed by atoms with van der Waals surface area (Å²) in [6.07, 6.45) is 12.8. The van der Waals surface area contributed by atoms with Crippen LogP contribution in [0.1, 0.15) is 88.3 Å². The highest BCUT2D eigenvalue weighted by Gasteiger charge is 2.19. The zero-order chi connectivity index (χ0) is 27.6. The fourth-order valence-corrected chi connectivity index (χ4v) is 5.25. The molecule has 0 saturated heterocycles. The molecule has 0 amide bonds. The van der Waals surface area contributed by atoms with Crippen LogP contribution in [0.2, 0.25) is 0 Å². The van der Waals surface area contributed by atoms with E-state index in [1.54, 1.807) is 18.2 Å². The molecule has 4 heteroatoms. The zero-order valence-corrected chi connectivity index (χ0v) is 23.4. The highest BCUT2D eigenvalue weighted by atomic mass is 19.2. The van der Waals surface area contributed by atoms with Crippen molar-refractivity contribution in [3.05, 3.63) is 94.8 Å². The average Bonchev–Trinajstić information content (AvgIpc) is 2.95. The molecule has 1 nitrogen and oxygen atoms in total. The van der Waals surface area contributed by atoms with E-state index in [1.165, 1.54) is 31.7 Å². The van der Waals surface area contributed by atoms with Crippen LogP contribution in [0.4, 0.5) is 13.2 Å². The van der Waals surface area contributed by atoms with Gasteiger partial charge in [-0.2, -0.15) is 0 Å². The van der Waals surface area contributed by atoms with Gasteiger partial charge < -0.3 is 4.74 Å². The lowest BCUT2D eigenvalue weighted by molar-refractivity contribution is 0.290. The molecule has 39 heavy (non-hydrogen) atoms. The lowest BCUT2D eigenvalue weighted by Gasteiger charge is -2.19. The van der Waals surface area contributed by atoms with E-state index in [-0.39, 0.29) is 5.82 Å². The molecule has 0 N–H and O–H groups in total. The predicted octanol–water partition coefficient (Wildman–Crippen LogP) is 10.5. The van der Waals surface area contributed by atoms with Gasteiger partial charge in [-0.25, -0.2) is 13.2 Å². The zero-order valence-electron chi connectivity index (χ0n) is 23.4. The average molecular weight is 535 g/mol. The Hall–Kier alpha value is -3.01. The number of allylic oxidation sites excluding steroid dienone is 2. The summed E-state index contributed by atoms with van der Waals surface area (Å²) in [7, 11) is 0. The molecule has 0 saturated carbocycles. The van der Waals surface area contributed by atoms with Gasteiger partial charge in [-0.3, -0.25) is 0 Å². The van der Waals surface area contributed by atoms with E-state index in [9.17, 15) is 13.2 Å². The predicted molar refractivity (Wildman–Crippen MR) is 155 cm³/mol. The van der Waals surface area contributed by atoms with Crippen molar-refractivity contribution in [3.63, 3.8) is 0 Å². The standard InChI is InChI=1S/C35H41F3O/c1-3-4-5-6-7-8-23-39-33-22-20-30(24-32(33)36)27-16-11-26(12-17-27)13-18-29-19-21-31(35(38)34(29)37)28-14-9-25(2)10-15-28/h11-12,14,16-17,19-22,24-25H,3-10,13,15,18,23H2,1-2H3. The quantitative estimate of drug-likeness (QED) is 0.198. The Labute approximate surface area is 232 Å². The van der Waals surface area contributed by atoms with E-state index < -0.39 is 11.6 Å². The molecule has 4 rings (SSSR count). The fraction of sp³-hybridized carbons (Fsp3) is 0.429. The largest absolute Gasteiger partial charge is 0.491 e. The molecule has 3 aromatic carbocycles. The van der Waals surface area contributed by atoms with E-state index in [0.717, 1.165) is 54.4 Å². The first kappa shape index (κ1) is 29.0. The van der Waals surface area contributed by atoms with Crippen molar-refractivity contribution in [2.24, 2.45) is 5.92 Å². The number of hydrogen-bond donors (Lipinski definition) is 0. The van der Waals surface area contributed by atoms with Crippen LogP contribution in [-0.4, -0.2) is 6.61 Å². The SMILES string of the molecule is CCCCCCCCOc1ccc(-c2ccc(CCc3ccc(C4=CCC(C)CC4)c(F)c3F)cc2)cc1F. The summed E-state index contributed by atoms with van der Waals surface area (Å²) in [5, 5.41) is 0. The van der Waals surface area contributed by atoms with Crippen molar-refractivity contribution < 1.29 is 17.9 Å². The number of aryl methyl sites for hydroxylation is 2. The summed E-state index contributed by atoms with van der Waals surface area (Å²) in [4.78, 5) is 0. The third-order valence-corrected chi connectivity index (χ3v) is 7.84. The number of unbranched alkanes of at least 4 members (excludes halogenated alkanes) is 5. The Bertz CT molecular complexity index is 1250. The van der Waals surface area contributed by atoms with Crippen molar-refractivity contribution >= 4 is 5.57 Å². The van der Waals surface area contributed by atoms with E-state index >= 15 is 0 Å². The molecular formula is C35H41F3O. The summed E-state index contributed by atoms with van der Waals surface area (Å²) < 4.78 is 50.0. The summed E-state index contributed by atoms with van der Waals surface area (Å²) in [6, 6.07) is 16.3. The van der Waals surface area contributed by atoms with E-state index in [4.69, 9.17) is 4.74 Å². The van der Waals surface area contributed by atoms with Crippen LogP contribution in [-0.2, 0) is 12.8 Å². The second kappa shape index (κ2) is 14.4. The molecule has 0 aromatic heterocycles. The normalized spacial score (nSPS) is 15.3. The van der Waals surface area contributed by atoms with Gasteiger partial charge in [-0.1, -0.05) is 94.5 Å². The molecular weight excluding hydrogens is 493 g/mol. The highest BCUT2D eigenvalue weighted by Crippen LogP contribution is 2.33. The molecule has 1 atom stereocenters. The smallest absolute Gasteiger partial charge is 0.166 e. The first-order chi connectivity index (χ1) is 19.0. The molecule has 0 bridgehead atoms. The minimum absolute atomic E-state index is 0.290. The summed E-state index contributed by atoms with van der Waals surface area (Å²) in [6.45, 7) is 4.91. The molecule has 3 aromatic rings. The van der Waals surface area contributed by atoms with E-state index in [2.05, 4.69) is 19.9 Å². The van der Waals surface area contributed by atoms with E-state index in [0.29, 0.717) is 42.2 Å². The lowest BCUT2D eigenvalue weighted by Crippen LogP contribution is -2.05. The summed E-state index contributed by atoms with van der Waals surface area (Å²) in [5.41, 5.74) is 4.41. The van der Waals surface area contributed by atoms with Gasteiger partial charge in [-0.15, -0.1) is 0 Å². The highest BCUT2D eigenvalue weighted by molar-refractivity contribution is 5.67. The van der Waals surface area contributed by atoms with Crippen molar-refractivity contribution in [2.45, 2.75) is 84.5 Å². The number of ether oxygens (including phenoxy) is 1. The van der Waals surface area contributed by atoms with Crippen molar-refractivity contribution in [1.29, 1.82) is 0 Å². The molecule has 0 spiro atoms. The van der Waals surface area contributed by atoms with Gasteiger partial charge in [0.25, 0.3) is 0 Å². The van der Waals surface area contributed by atoms with Crippen LogP contribution >= 0.6 is 0 Å². The van der Waals surface area contributed by atoms with Gasteiger partial charge in [0.1, 0.15) is 0 Å². The Morgan fingerprint density at radius 3 is 2.26 bits per heavy atom. The molecule has 0 aliphatic heterocycles. The fourth-order valence-electron chi connectivity index (χ4n) is 5.25. The second-order valence-corrected chi connectivity index (χ2v) is 11.0. The minimum atomic E-state index is -0.738. The van der Waals surface area contributed by atoms with Gasteiger partial charge in [-0.05, 0) is 84.4 Å². The van der Waals surface area contributed by atoms with E-state index in [1.807, 2.05) is 30.3 Å². The topological polar surface area (TPSA) is 9.23 Å². The number of rotatable bonds is 13. The molecule has 0 radical (unpaired) electrons. The molecule has 1 aliphatic rings. The maximum absolute atomic E-state index is 14.9. The molecule has 1 unspecified atom stereocenters. The van der Waals surface area contributed by atoms with Crippen molar-refractivity contribution in [3.8, 4) is 16.9 Å². The minimum Gasteiger partial charge on any atom is -0.491 e.